The molecule has 3 rings (SSSR count). The molecule has 0 atom stereocenters. The van der Waals surface area contributed by atoms with Crippen LogP contribution in [-0.4, -0.2) is 35.4 Å². The van der Waals surface area contributed by atoms with Crippen molar-refractivity contribution in [3.8, 4) is 11.5 Å². The molecule has 0 aliphatic carbocycles. The van der Waals surface area contributed by atoms with Crippen molar-refractivity contribution in [3.05, 3.63) is 65.4 Å². The molecule has 3 aromatic rings. The third-order valence-electron chi connectivity index (χ3n) is 6.66. The summed E-state index contributed by atoms with van der Waals surface area (Å²) in [5.41, 5.74) is 6.97. The van der Waals surface area contributed by atoms with Gasteiger partial charge in [-0.2, -0.15) is 0 Å². The van der Waals surface area contributed by atoms with Gasteiger partial charge in [0.2, 0.25) is 0 Å². The highest BCUT2D eigenvalue weighted by Crippen LogP contribution is 2.37. The van der Waals surface area contributed by atoms with Crippen LogP contribution < -0.4 is 0 Å². The highest BCUT2D eigenvalue weighted by atomic mass is 32.2. The van der Waals surface area contributed by atoms with Crippen LogP contribution >= 0.6 is 0 Å². The first-order valence-corrected chi connectivity index (χ1v) is 20.0. The normalized spacial score (nSPS) is 13.1. The zero-order valence-corrected chi connectivity index (χ0v) is 25.4. The molecule has 188 valence electrons. The van der Waals surface area contributed by atoms with Crippen molar-refractivity contribution < 1.29 is 12.8 Å². The van der Waals surface area contributed by atoms with Gasteiger partial charge in [-0.05, 0) is 61.3 Å². The van der Waals surface area contributed by atoms with Crippen molar-refractivity contribution in [2.24, 2.45) is 0 Å². The molecule has 4 nitrogen and oxygen atoms in total. The van der Waals surface area contributed by atoms with E-state index in [0.717, 1.165) is 22.1 Å². The Kier molecular flexibility index (Phi) is 7.64. The molecule has 0 aliphatic heterocycles. The molecule has 35 heavy (non-hydrogen) atoms. The smallest absolute Gasteiger partial charge is 0.268 e. The third kappa shape index (κ3) is 6.18. The molecule has 0 aliphatic rings. The zero-order chi connectivity index (χ0) is 26.2. The fraction of sp³-hybridized carbons (Fsp3) is 0.429. The van der Waals surface area contributed by atoms with Gasteiger partial charge in [-0.15, -0.1) is 5.54 Å². The number of rotatable bonds is 6. The number of hydrogen-bond donors (Lipinski definition) is 0. The quantitative estimate of drug-likeness (QED) is 0.258. The largest absolute Gasteiger partial charge is 0.416 e. The van der Waals surface area contributed by atoms with E-state index in [1.54, 1.807) is 18.3 Å². The van der Waals surface area contributed by atoms with Gasteiger partial charge < -0.3 is 4.43 Å². The molecule has 0 unspecified atom stereocenters. The third-order valence-corrected chi connectivity index (χ3v) is 13.8. The molecular formula is C28H39NO3SSi2. The maximum Gasteiger partial charge on any atom is 0.268 e. The van der Waals surface area contributed by atoms with Gasteiger partial charge in [0.05, 0.1) is 10.4 Å². The van der Waals surface area contributed by atoms with Crippen molar-refractivity contribution in [2.45, 2.75) is 76.8 Å². The van der Waals surface area contributed by atoms with Gasteiger partial charge in [-0.3, -0.25) is 0 Å². The van der Waals surface area contributed by atoms with Crippen LogP contribution in [0.5, 0.6) is 0 Å². The lowest BCUT2D eigenvalue weighted by atomic mass is 10.1. The van der Waals surface area contributed by atoms with E-state index in [1.807, 2.05) is 37.3 Å². The van der Waals surface area contributed by atoms with Crippen molar-refractivity contribution in [2.75, 3.05) is 6.61 Å². The van der Waals surface area contributed by atoms with Crippen LogP contribution in [0.1, 0.15) is 37.5 Å². The minimum absolute atomic E-state index is 0.115. The van der Waals surface area contributed by atoms with Gasteiger partial charge in [0.15, 0.2) is 8.32 Å². The molecule has 0 fully saturated rings. The van der Waals surface area contributed by atoms with Gasteiger partial charge in [-0.25, -0.2) is 12.4 Å². The van der Waals surface area contributed by atoms with Gasteiger partial charge in [0.1, 0.15) is 8.07 Å². The van der Waals surface area contributed by atoms with Crippen LogP contribution in [-0.2, 0) is 20.9 Å². The van der Waals surface area contributed by atoms with Gasteiger partial charge >= 0.3 is 0 Å². The number of fused-ring (bicyclic) bond motifs is 1. The fourth-order valence-electron chi connectivity index (χ4n) is 3.54. The minimum Gasteiger partial charge on any atom is -0.416 e. The second-order valence-electron chi connectivity index (χ2n) is 11.8. The Bertz CT molecular complexity index is 1380. The molecule has 1 aromatic heterocycles. The molecule has 0 saturated carbocycles. The number of benzene rings is 2. The van der Waals surface area contributed by atoms with E-state index < -0.39 is 26.4 Å². The van der Waals surface area contributed by atoms with Gasteiger partial charge in [0, 0.05) is 23.8 Å². The summed E-state index contributed by atoms with van der Waals surface area (Å²) in [5, 5.41) is 1.02. The summed E-state index contributed by atoms with van der Waals surface area (Å²) in [6, 6.07) is 12.8. The highest BCUT2D eigenvalue weighted by Gasteiger charge is 2.37. The molecule has 0 bridgehead atoms. The molecule has 0 amide bonds. The summed E-state index contributed by atoms with van der Waals surface area (Å²) in [4.78, 5) is 0.280. The first-order valence-electron chi connectivity index (χ1n) is 12.2. The van der Waals surface area contributed by atoms with Crippen LogP contribution in [0.25, 0.3) is 10.9 Å². The lowest BCUT2D eigenvalue weighted by Crippen LogP contribution is -2.41. The topological polar surface area (TPSA) is 48.3 Å². The first kappa shape index (κ1) is 27.5. The van der Waals surface area contributed by atoms with E-state index in [4.69, 9.17) is 4.43 Å². The average molecular weight is 526 g/mol. The van der Waals surface area contributed by atoms with Crippen LogP contribution in [0.2, 0.25) is 37.8 Å². The Morgan fingerprint density at radius 3 is 2.17 bits per heavy atom. The molecule has 0 N–H and O–H groups in total. The second kappa shape index (κ2) is 9.74. The SMILES string of the molecule is Cc1ccc(S(=O)(=O)n2cc(CCO[Si](C)(C)C(C)(C)C)c3c(C#C[Si](C)(C)C)cccc32)cc1. The number of aryl methyl sites for hydroxylation is 1. The Morgan fingerprint density at radius 1 is 0.971 bits per heavy atom. The predicted octanol–water partition coefficient (Wildman–Crippen LogP) is 6.98. The standard InChI is InChI=1S/C28H39NO3SSi2/c1-22-13-15-25(16-14-22)33(30,31)29-21-24(17-19-32-35(8,9)28(2,3)4)27-23(11-10-12-26(27)29)18-20-34(5,6)7/h10-16,21H,17,19H2,1-9H3. The van der Waals surface area contributed by atoms with Crippen molar-refractivity contribution in [1.29, 1.82) is 0 Å². The maximum atomic E-state index is 13.7. The molecule has 1 heterocycles. The monoisotopic (exact) mass is 525 g/mol. The summed E-state index contributed by atoms with van der Waals surface area (Å²) in [7, 11) is -7.28. The van der Waals surface area contributed by atoms with Crippen LogP contribution in [0.4, 0.5) is 0 Å². The number of nitrogens with zero attached hydrogens (tertiary/aromatic N) is 1. The fourth-order valence-corrected chi connectivity index (χ4v) is 6.48. The van der Waals surface area contributed by atoms with E-state index in [2.05, 4.69) is 65.0 Å². The number of hydrogen-bond acceptors (Lipinski definition) is 3. The van der Waals surface area contributed by atoms with E-state index in [0.29, 0.717) is 18.5 Å². The second-order valence-corrected chi connectivity index (χ2v) is 23.2. The molecule has 2 aromatic carbocycles. The van der Waals surface area contributed by atoms with Gasteiger partial charge in [-0.1, -0.05) is 70.1 Å². The molecule has 0 radical (unpaired) electrons. The Hall–Kier alpha value is -2.12. The van der Waals surface area contributed by atoms with Crippen molar-refractivity contribution >= 4 is 37.3 Å². The lowest BCUT2D eigenvalue weighted by Gasteiger charge is -2.36. The minimum atomic E-state index is -3.75. The molecule has 7 heteroatoms. The van der Waals surface area contributed by atoms with E-state index in [1.165, 1.54) is 3.97 Å². The summed E-state index contributed by atoms with van der Waals surface area (Å²) < 4.78 is 35.2. The van der Waals surface area contributed by atoms with Crippen LogP contribution in [0.3, 0.4) is 0 Å². The van der Waals surface area contributed by atoms with Crippen LogP contribution in [0, 0.1) is 18.4 Å². The van der Waals surface area contributed by atoms with Crippen LogP contribution in [0.15, 0.2) is 53.6 Å². The summed E-state index contributed by atoms with van der Waals surface area (Å²) in [5.74, 6) is 3.38. The van der Waals surface area contributed by atoms with Crippen molar-refractivity contribution in [1.82, 2.24) is 3.97 Å². The average Bonchev–Trinajstić information content (AvgIpc) is 3.11. The molecule has 0 spiro atoms. The number of aromatic nitrogens is 1. The Labute approximate surface area is 213 Å². The lowest BCUT2D eigenvalue weighted by molar-refractivity contribution is 0.292. The first-order chi connectivity index (χ1) is 16.0. The maximum absolute atomic E-state index is 13.7. The Morgan fingerprint density at radius 2 is 1.60 bits per heavy atom. The predicted molar refractivity (Wildman–Crippen MR) is 153 cm³/mol. The summed E-state index contributed by atoms with van der Waals surface area (Å²) in [6.45, 7) is 20.3. The summed E-state index contributed by atoms with van der Waals surface area (Å²) in [6.07, 6.45) is 2.40. The zero-order valence-electron chi connectivity index (χ0n) is 22.6. The molecular weight excluding hydrogens is 487 g/mol. The van der Waals surface area contributed by atoms with Gasteiger partial charge in [0.25, 0.3) is 10.0 Å². The van der Waals surface area contributed by atoms with Crippen molar-refractivity contribution in [3.63, 3.8) is 0 Å². The Balaban J connectivity index is 2.14. The highest BCUT2D eigenvalue weighted by molar-refractivity contribution is 7.90. The van der Waals surface area contributed by atoms with E-state index in [-0.39, 0.29) is 9.93 Å². The molecule has 0 saturated heterocycles. The van der Waals surface area contributed by atoms with E-state index >= 15 is 0 Å². The van der Waals surface area contributed by atoms with E-state index in [9.17, 15) is 8.42 Å². The summed E-state index contributed by atoms with van der Waals surface area (Å²) >= 11 is 0.